The van der Waals surface area contributed by atoms with E-state index < -0.39 is 4.92 Å². The lowest BCUT2D eigenvalue weighted by Crippen LogP contribution is -2.29. The molecule has 1 atom stereocenters. The van der Waals surface area contributed by atoms with Crippen LogP contribution in [0.1, 0.15) is 19.3 Å². The van der Waals surface area contributed by atoms with Crippen molar-refractivity contribution in [3.63, 3.8) is 0 Å². The van der Waals surface area contributed by atoms with E-state index in [4.69, 9.17) is 0 Å². The van der Waals surface area contributed by atoms with Crippen LogP contribution in [0.2, 0.25) is 0 Å². The third-order valence-electron chi connectivity index (χ3n) is 3.86. The molecule has 1 aromatic carbocycles. The molecule has 21 heavy (non-hydrogen) atoms. The van der Waals surface area contributed by atoms with E-state index in [1.54, 1.807) is 4.90 Å². The molecule has 1 saturated heterocycles. The standard InChI is InChI=1S/C14H15N3O4/c18-13-7-9(8-16(13)11-5-6-11)14(19)15-10-1-3-12(4-2-10)17(20)21/h1-4,9,11H,5-8H2,(H,15,19). The molecule has 1 heterocycles. The van der Waals surface area contributed by atoms with E-state index in [2.05, 4.69) is 5.32 Å². The van der Waals surface area contributed by atoms with E-state index in [-0.39, 0.29) is 29.8 Å². The van der Waals surface area contributed by atoms with Crippen LogP contribution in [0.4, 0.5) is 11.4 Å². The van der Waals surface area contributed by atoms with Crippen LogP contribution >= 0.6 is 0 Å². The number of nitrogens with one attached hydrogen (secondary N) is 1. The van der Waals surface area contributed by atoms with Crippen LogP contribution in [0, 0.1) is 16.0 Å². The molecule has 2 amide bonds. The Labute approximate surface area is 121 Å². The SMILES string of the molecule is O=C(Nc1ccc([N+](=O)[O-])cc1)C1CC(=O)N(C2CC2)C1. The highest BCUT2D eigenvalue weighted by atomic mass is 16.6. The van der Waals surface area contributed by atoms with Crippen LogP contribution in [0.25, 0.3) is 0 Å². The Bertz CT molecular complexity index is 595. The average Bonchev–Trinajstić information content (AvgIpc) is 3.22. The van der Waals surface area contributed by atoms with Crippen molar-refractivity contribution in [2.75, 3.05) is 11.9 Å². The van der Waals surface area contributed by atoms with Gasteiger partial charge in [-0.1, -0.05) is 0 Å². The topological polar surface area (TPSA) is 92.5 Å². The molecule has 0 bridgehead atoms. The number of carbonyl (C=O) groups excluding carboxylic acids is 2. The van der Waals surface area contributed by atoms with Crippen molar-refractivity contribution in [1.82, 2.24) is 4.90 Å². The lowest BCUT2D eigenvalue weighted by Gasteiger charge is -2.15. The summed E-state index contributed by atoms with van der Waals surface area (Å²) in [6.45, 7) is 0.475. The normalized spacial score (nSPS) is 21.4. The minimum Gasteiger partial charge on any atom is -0.339 e. The molecule has 1 aliphatic heterocycles. The number of nitro groups is 1. The predicted molar refractivity (Wildman–Crippen MR) is 74.6 cm³/mol. The molecule has 1 saturated carbocycles. The maximum Gasteiger partial charge on any atom is 0.269 e. The molecule has 0 spiro atoms. The number of nitro benzene ring substituents is 1. The Morgan fingerprint density at radius 3 is 2.52 bits per heavy atom. The Morgan fingerprint density at radius 2 is 1.95 bits per heavy atom. The van der Waals surface area contributed by atoms with Crippen molar-refractivity contribution in [2.45, 2.75) is 25.3 Å². The van der Waals surface area contributed by atoms with Gasteiger partial charge in [-0.25, -0.2) is 0 Å². The monoisotopic (exact) mass is 289 g/mol. The molecule has 3 rings (SSSR count). The van der Waals surface area contributed by atoms with Gasteiger partial charge in [-0.15, -0.1) is 0 Å². The second-order valence-electron chi connectivity index (χ2n) is 5.47. The summed E-state index contributed by atoms with van der Waals surface area (Å²) in [4.78, 5) is 35.8. The Morgan fingerprint density at radius 1 is 1.29 bits per heavy atom. The number of nitrogens with zero attached hydrogens (tertiary/aromatic N) is 2. The molecule has 110 valence electrons. The van der Waals surface area contributed by atoms with Crippen molar-refractivity contribution < 1.29 is 14.5 Å². The first-order chi connectivity index (χ1) is 10.0. The zero-order valence-electron chi connectivity index (χ0n) is 11.3. The first kappa shape index (κ1) is 13.5. The van der Waals surface area contributed by atoms with Crippen molar-refractivity contribution in [2.24, 2.45) is 5.92 Å². The number of anilines is 1. The molecule has 1 N–H and O–H groups in total. The summed E-state index contributed by atoms with van der Waals surface area (Å²) in [5.74, 6) is -0.505. The lowest BCUT2D eigenvalue weighted by atomic mass is 10.1. The minimum atomic E-state index is -0.491. The summed E-state index contributed by atoms with van der Waals surface area (Å²) in [5.41, 5.74) is 0.479. The van der Waals surface area contributed by atoms with Crippen LogP contribution < -0.4 is 5.32 Å². The zero-order chi connectivity index (χ0) is 15.0. The number of non-ortho nitro benzene ring substituents is 1. The molecule has 7 nitrogen and oxygen atoms in total. The van der Waals surface area contributed by atoms with E-state index in [0.717, 1.165) is 12.8 Å². The smallest absolute Gasteiger partial charge is 0.269 e. The maximum absolute atomic E-state index is 12.1. The zero-order valence-corrected chi connectivity index (χ0v) is 11.3. The molecule has 0 aromatic heterocycles. The highest BCUT2D eigenvalue weighted by molar-refractivity contribution is 5.97. The summed E-state index contributed by atoms with van der Waals surface area (Å²) >= 11 is 0. The molecular formula is C14H15N3O4. The van der Waals surface area contributed by atoms with Gasteiger partial charge in [-0.05, 0) is 25.0 Å². The number of benzene rings is 1. The summed E-state index contributed by atoms with van der Waals surface area (Å²) < 4.78 is 0. The third kappa shape index (κ3) is 2.86. The van der Waals surface area contributed by atoms with Gasteiger partial charge in [0.15, 0.2) is 0 Å². The van der Waals surface area contributed by atoms with Crippen molar-refractivity contribution >= 4 is 23.2 Å². The van der Waals surface area contributed by atoms with E-state index in [9.17, 15) is 19.7 Å². The van der Waals surface area contributed by atoms with E-state index in [0.29, 0.717) is 18.3 Å². The van der Waals surface area contributed by atoms with E-state index >= 15 is 0 Å². The number of hydrogen-bond donors (Lipinski definition) is 1. The third-order valence-corrected chi connectivity index (χ3v) is 3.86. The Kier molecular flexibility index (Phi) is 3.32. The highest BCUT2D eigenvalue weighted by Gasteiger charge is 2.41. The van der Waals surface area contributed by atoms with Gasteiger partial charge in [0.1, 0.15) is 0 Å². The van der Waals surface area contributed by atoms with Gasteiger partial charge in [0, 0.05) is 36.8 Å². The quantitative estimate of drug-likeness (QED) is 0.672. The molecule has 1 aromatic rings. The van der Waals surface area contributed by atoms with Gasteiger partial charge in [-0.3, -0.25) is 19.7 Å². The maximum atomic E-state index is 12.1. The molecule has 2 aliphatic rings. The van der Waals surface area contributed by atoms with Gasteiger partial charge < -0.3 is 10.2 Å². The van der Waals surface area contributed by atoms with Gasteiger partial charge in [0.05, 0.1) is 10.8 Å². The summed E-state index contributed by atoms with van der Waals surface area (Å²) in [6.07, 6.45) is 2.31. The summed E-state index contributed by atoms with van der Waals surface area (Å²) in [5, 5.41) is 13.3. The number of carbonyl (C=O) groups is 2. The lowest BCUT2D eigenvalue weighted by molar-refractivity contribution is -0.384. The van der Waals surface area contributed by atoms with Crippen LogP contribution in [-0.2, 0) is 9.59 Å². The number of hydrogen-bond acceptors (Lipinski definition) is 4. The van der Waals surface area contributed by atoms with Gasteiger partial charge in [0.25, 0.3) is 5.69 Å². The van der Waals surface area contributed by atoms with E-state index in [1.165, 1.54) is 24.3 Å². The second-order valence-corrected chi connectivity index (χ2v) is 5.47. The molecule has 0 radical (unpaired) electrons. The van der Waals surface area contributed by atoms with Gasteiger partial charge >= 0.3 is 0 Å². The van der Waals surface area contributed by atoms with E-state index in [1.807, 2.05) is 0 Å². The number of rotatable bonds is 4. The number of amides is 2. The summed E-state index contributed by atoms with van der Waals surface area (Å²) in [7, 11) is 0. The number of likely N-dealkylation sites (tertiary alicyclic amines) is 1. The molecule has 7 heteroatoms. The Hall–Kier alpha value is -2.44. The molecule has 2 fully saturated rings. The predicted octanol–water partition coefficient (Wildman–Crippen LogP) is 1.54. The van der Waals surface area contributed by atoms with Crippen LogP contribution in [0.3, 0.4) is 0 Å². The average molecular weight is 289 g/mol. The molecule has 1 unspecified atom stereocenters. The highest BCUT2D eigenvalue weighted by Crippen LogP contribution is 2.33. The largest absolute Gasteiger partial charge is 0.339 e. The van der Waals surface area contributed by atoms with Crippen LogP contribution in [0.5, 0.6) is 0 Å². The van der Waals surface area contributed by atoms with Crippen molar-refractivity contribution in [3.05, 3.63) is 34.4 Å². The molecule has 1 aliphatic carbocycles. The first-order valence-corrected chi connectivity index (χ1v) is 6.89. The fourth-order valence-electron chi connectivity index (χ4n) is 2.56. The van der Waals surface area contributed by atoms with Crippen LogP contribution in [-0.4, -0.2) is 34.2 Å². The summed E-state index contributed by atoms with van der Waals surface area (Å²) in [6, 6.07) is 5.99. The van der Waals surface area contributed by atoms with Crippen molar-refractivity contribution in [3.8, 4) is 0 Å². The van der Waals surface area contributed by atoms with Crippen molar-refractivity contribution in [1.29, 1.82) is 0 Å². The van der Waals surface area contributed by atoms with Crippen LogP contribution in [0.15, 0.2) is 24.3 Å². The fourth-order valence-corrected chi connectivity index (χ4v) is 2.56. The molecular weight excluding hydrogens is 274 g/mol. The second kappa shape index (κ2) is 5.16. The van der Waals surface area contributed by atoms with Gasteiger partial charge in [-0.2, -0.15) is 0 Å². The fraction of sp³-hybridized carbons (Fsp3) is 0.429. The first-order valence-electron chi connectivity index (χ1n) is 6.89. The minimum absolute atomic E-state index is 0.0241. The van der Waals surface area contributed by atoms with Gasteiger partial charge in [0.2, 0.25) is 11.8 Å². The Balaban J connectivity index is 1.61.